The van der Waals surface area contributed by atoms with Crippen LogP contribution in [0.15, 0.2) is 34.2 Å². The maximum atomic E-state index is 15.1. The van der Waals surface area contributed by atoms with Crippen LogP contribution in [0.1, 0.15) is 107 Å². The van der Waals surface area contributed by atoms with Crippen molar-refractivity contribution in [1.82, 2.24) is 20.0 Å². The van der Waals surface area contributed by atoms with E-state index in [1.165, 1.54) is 14.2 Å². The van der Waals surface area contributed by atoms with Gasteiger partial charge in [-0.05, 0) is 87.0 Å². The third-order valence-electron chi connectivity index (χ3n) is 15.8. The average molecular weight is 1030 g/mol. The second-order valence-corrected chi connectivity index (χ2v) is 21.3. The highest BCUT2D eigenvalue weighted by atomic mass is 16.7. The summed E-state index contributed by atoms with van der Waals surface area (Å²) in [5.41, 5.74) is 3.05. The molecule has 0 aromatic carbocycles. The van der Waals surface area contributed by atoms with Crippen LogP contribution in [-0.2, 0) is 68.3 Å². The van der Waals surface area contributed by atoms with Crippen LogP contribution in [0.25, 0.3) is 11.4 Å². The fraction of sp³-hybridized carbons (Fsp3) is 0.765. The van der Waals surface area contributed by atoms with Gasteiger partial charge in [0.2, 0.25) is 11.7 Å². The number of likely N-dealkylation sites (N-methyl/N-ethyl adjacent to an activating group) is 1. The van der Waals surface area contributed by atoms with Crippen molar-refractivity contribution in [1.29, 1.82) is 0 Å². The molecule has 0 radical (unpaired) electrons. The van der Waals surface area contributed by atoms with Crippen molar-refractivity contribution in [2.24, 2.45) is 46.4 Å². The quantitative estimate of drug-likeness (QED) is 0.0798. The molecule has 0 saturated carbocycles. The van der Waals surface area contributed by atoms with Crippen molar-refractivity contribution < 1.29 is 76.6 Å². The molecule has 22 heteroatoms. The Kier molecular flexibility index (Phi) is 18.6. The Bertz CT molecular complexity index is 2250. The van der Waals surface area contributed by atoms with Crippen molar-refractivity contribution >= 4 is 29.5 Å². The van der Waals surface area contributed by atoms with E-state index in [4.69, 9.17) is 53.0 Å². The van der Waals surface area contributed by atoms with Gasteiger partial charge in [-0.3, -0.25) is 19.4 Å². The first-order chi connectivity index (χ1) is 34.3. The van der Waals surface area contributed by atoms with E-state index in [9.17, 15) is 24.6 Å². The molecule has 73 heavy (non-hydrogen) atoms. The molecule has 4 N–H and O–H groups in total. The van der Waals surface area contributed by atoms with Crippen molar-refractivity contribution in [2.75, 3.05) is 28.3 Å². The summed E-state index contributed by atoms with van der Waals surface area (Å²) in [5, 5.41) is 30.8. The van der Waals surface area contributed by atoms with Gasteiger partial charge in [-0.2, -0.15) is 4.98 Å². The third-order valence-corrected chi connectivity index (χ3v) is 15.8. The largest absolute Gasteiger partial charge is 0.458 e. The van der Waals surface area contributed by atoms with Crippen LogP contribution in [0.4, 0.5) is 0 Å². The number of aryl methyl sites for hydroxylation is 1. The van der Waals surface area contributed by atoms with Crippen LogP contribution in [-0.4, -0.2) is 166 Å². The van der Waals surface area contributed by atoms with Crippen LogP contribution >= 0.6 is 0 Å². The molecular weight excluding hydrogens is 953 g/mol. The number of aliphatic hydroxyl groups is 2. The first-order valence-electron chi connectivity index (χ1n) is 25.3. The van der Waals surface area contributed by atoms with Crippen molar-refractivity contribution in [3.63, 3.8) is 0 Å². The molecule has 4 saturated heterocycles. The van der Waals surface area contributed by atoms with E-state index >= 15 is 4.79 Å². The zero-order valence-corrected chi connectivity index (χ0v) is 44.7. The Morgan fingerprint density at radius 1 is 0.959 bits per heavy atom. The number of methoxy groups -OCH3 is 2. The number of ether oxygens (including phenoxy) is 8. The minimum Gasteiger partial charge on any atom is -0.458 e. The number of oxime groups is 1. The Morgan fingerprint density at radius 2 is 1.66 bits per heavy atom. The topological polar surface area (TPSA) is 285 Å². The lowest BCUT2D eigenvalue weighted by molar-refractivity contribution is -0.319. The van der Waals surface area contributed by atoms with E-state index in [-0.39, 0.29) is 61.7 Å². The molecule has 0 bridgehead atoms. The number of hydrogen-bond acceptors (Lipinski definition) is 21. The van der Waals surface area contributed by atoms with Crippen LogP contribution in [0, 0.1) is 35.5 Å². The zero-order chi connectivity index (χ0) is 53.9. The molecule has 2 aromatic heterocycles. The predicted molar refractivity (Wildman–Crippen MR) is 259 cm³/mol. The number of esters is 2. The number of aromatic nitrogens is 3. The summed E-state index contributed by atoms with van der Waals surface area (Å²) in [6.45, 7) is 17.3. The molecule has 4 aliphatic rings. The number of fused-ring (bicyclic) bond motifs is 1. The molecule has 4 fully saturated rings. The van der Waals surface area contributed by atoms with Gasteiger partial charge in [-0.1, -0.05) is 38.0 Å². The summed E-state index contributed by atoms with van der Waals surface area (Å²) in [6, 6.07) is 3.14. The number of pyridine rings is 1. The number of Topliss-reactive ketones (excluding diaryl/α,β-unsaturated/α-hetero) is 1. The van der Waals surface area contributed by atoms with Gasteiger partial charge in [0, 0.05) is 74.7 Å². The van der Waals surface area contributed by atoms with E-state index in [2.05, 4.69) is 20.3 Å². The number of carbonyl (C=O) groups excluding carboxylic acids is 4. The maximum Gasteiger partial charge on any atom is 0.335 e. The second kappa shape index (κ2) is 23.6. The number of cyclic esters (lactones) is 1. The van der Waals surface area contributed by atoms with Gasteiger partial charge >= 0.3 is 17.9 Å². The molecule has 2 aromatic rings. The van der Waals surface area contributed by atoms with E-state index in [0.717, 1.165) is 0 Å². The summed E-state index contributed by atoms with van der Waals surface area (Å²) in [5.74, 6) is -9.03. The van der Waals surface area contributed by atoms with E-state index in [1.807, 2.05) is 32.8 Å². The average Bonchev–Trinajstić information content (AvgIpc) is 3.95. The normalized spacial score (nSPS) is 40.1. The van der Waals surface area contributed by atoms with Crippen LogP contribution in [0.3, 0.4) is 0 Å². The zero-order valence-electron chi connectivity index (χ0n) is 44.7. The van der Waals surface area contributed by atoms with Crippen molar-refractivity contribution in [3.05, 3.63) is 30.4 Å². The maximum absolute atomic E-state index is 15.1. The Morgan fingerprint density at radius 3 is 2.29 bits per heavy atom. The van der Waals surface area contributed by atoms with Gasteiger partial charge in [0.1, 0.15) is 30.0 Å². The van der Waals surface area contributed by atoms with Crippen molar-refractivity contribution in [2.45, 2.75) is 186 Å². The number of ketones is 1. The fourth-order valence-corrected chi connectivity index (χ4v) is 11.5. The minimum atomic E-state index is -1.68. The molecule has 408 valence electrons. The summed E-state index contributed by atoms with van der Waals surface area (Å²) in [7, 11) is 6.70. The molecule has 10 unspecified atom stereocenters. The number of nitrogens with two attached hydrogens (primary N) is 1. The molecule has 22 nitrogen and oxygen atoms in total. The number of aliphatic hydroxyl groups excluding tert-OH is 2. The molecule has 0 amide bonds. The summed E-state index contributed by atoms with van der Waals surface area (Å²) in [6.07, 6.45) is -5.04. The van der Waals surface area contributed by atoms with Gasteiger partial charge in [0.15, 0.2) is 24.0 Å². The molecule has 19 atom stereocenters. The Labute approximate surface area is 427 Å². The summed E-state index contributed by atoms with van der Waals surface area (Å²) < 4.78 is 56.6. The molecular formula is C51H78N6O16. The van der Waals surface area contributed by atoms with Crippen molar-refractivity contribution in [3.8, 4) is 11.4 Å². The lowest BCUT2D eigenvalue weighted by Crippen LogP contribution is -2.61. The SMILES string of the molecule is CC[C@H]1OC(=O)[C@H](C)[C@@H](OC2CC(C)(OC)C(O)C(C)O2)[C@H](C)[C@@H](OC2OC(C)CC(N(C)C)C2O)[C@@](C)(OC)C[C@@H](C)C(=O)[C@H](C)C2C(/C(N)=N\OC(=O)CCc3nc(-c4cccnc4)no3)C(=O)O[C@@]21C. The highest BCUT2D eigenvalue weighted by Crippen LogP contribution is 2.49. The van der Waals surface area contributed by atoms with Gasteiger partial charge in [-0.15, -0.1) is 0 Å². The van der Waals surface area contributed by atoms with Crippen LogP contribution in [0.2, 0.25) is 0 Å². The molecule has 4 aliphatic heterocycles. The summed E-state index contributed by atoms with van der Waals surface area (Å²) in [4.78, 5) is 72.9. The summed E-state index contributed by atoms with van der Waals surface area (Å²) >= 11 is 0. The predicted octanol–water partition coefficient (Wildman–Crippen LogP) is 3.77. The molecule has 6 rings (SSSR count). The van der Waals surface area contributed by atoms with Gasteiger partial charge in [-0.25, -0.2) is 4.79 Å². The molecule has 0 aliphatic carbocycles. The van der Waals surface area contributed by atoms with E-state index in [0.29, 0.717) is 12.0 Å². The van der Waals surface area contributed by atoms with Crippen LogP contribution < -0.4 is 5.73 Å². The Balaban J connectivity index is 1.37. The number of rotatable bonds is 14. The smallest absolute Gasteiger partial charge is 0.335 e. The fourth-order valence-electron chi connectivity index (χ4n) is 11.5. The molecule has 0 spiro atoms. The lowest BCUT2D eigenvalue weighted by atomic mass is 9.67. The second-order valence-electron chi connectivity index (χ2n) is 21.3. The van der Waals surface area contributed by atoms with E-state index < -0.39 is 125 Å². The highest BCUT2D eigenvalue weighted by molar-refractivity contribution is 6.03. The minimum absolute atomic E-state index is 0.00248. The first-order valence-corrected chi connectivity index (χ1v) is 25.3. The standard InChI is InChI=1S/C51H78N6O16/c1-15-33-51(10)38(37(47(63)71-51)44(52)55-73-35(58)19-18-34-54-45(56-72-34)31-17-16-20-53-24-31)27(4)39(59)25(2)22-50(9,65-14)43(70-48-40(60)32(57(11)12)21-26(3)66-48)28(5)41(29(6)46(62)68-33)69-36-23-49(8,64-13)42(61)30(7)67-36/h16-17,20,24-30,32-33,36-38,40-43,48,60-61H,15,18-19,21-23H2,1-14H3,(H2,52,55)/t25-,26?,27-,28+,29-,30?,32?,33-,36?,37?,38?,40?,41+,42?,43-,48?,49?,50+,51-/m1/s1. The van der Waals surface area contributed by atoms with Crippen LogP contribution in [0.5, 0.6) is 0 Å². The Hall–Kier alpha value is -4.52. The molecule has 6 heterocycles. The number of hydrogen-bond donors (Lipinski definition) is 3. The monoisotopic (exact) mass is 1030 g/mol. The number of carbonyl (C=O) groups is 4. The first kappa shape index (κ1) is 57.8. The van der Waals surface area contributed by atoms with Gasteiger partial charge in [0.25, 0.3) is 0 Å². The van der Waals surface area contributed by atoms with Gasteiger partial charge in [0.05, 0.1) is 48.0 Å². The third kappa shape index (κ3) is 12.3. The highest BCUT2D eigenvalue weighted by Gasteiger charge is 2.63. The number of amidine groups is 1. The van der Waals surface area contributed by atoms with Gasteiger partial charge < -0.3 is 68.1 Å². The lowest BCUT2D eigenvalue weighted by Gasteiger charge is -2.50. The van der Waals surface area contributed by atoms with E-state index in [1.54, 1.807) is 79.9 Å². The number of nitrogens with zero attached hydrogens (tertiary/aromatic N) is 5.